The van der Waals surface area contributed by atoms with Crippen molar-refractivity contribution in [3.8, 4) is 5.75 Å². The number of hydrogen-bond acceptors (Lipinski definition) is 2. The molecule has 1 fully saturated rings. The fourth-order valence-corrected chi connectivity index (χ4v) is 2.55. The average Bonchev–Trinajstić information content (AvgIpc) is 2.65. The molecule has 1 unspecified atom stereocenters. The van der Waals surface area contributed by atoms with Gasteiger partial charge in [-0.05, 0) is 46.5 Å². The number of benzene rings is 1. The van der Waals surface area contributed by atoms with Crippen molar-refractivity contribution < 1.29 is 9.53 Å². The summed E-state index contributed by atoms with van der Waals surface area (Å²) in [7, 11) is 1.64. The number of halogens is 1. The van der Waals surface area contributed by atoms with Crippen LogP contribution < -0.4 is 10.1 Å². The van der Waals surface area contributed by atoms with Gasteiger partial charge in [-0.2, -0.15) is 0 Å². The molecule has 1 aromatic carbocycles. The lowest BCUT2D eigenvalue weighted by atomic mass is 9.98. The molecule has 1 saturated heterocycles. The highest BCUT2D eigenvalue weighted by molar-refractivity contribution is 9.10. The number of methoxy groups -OCH3 is 1. The Morgan fingerprint density at radius 3 is 2.94 bits per heavy atom. The molecule has 0 saturated carbocycles. The van der Waals surface area contributed by atoms with Crippen molar-refractivity contribution >= 4 is 21.8 Å². The molecule has 3 nitrogen and oxygen atoms in total. The lowest BCUT2D eigenvalue weighted by molar-refractivity contribution is -0.122. The summed E-state index contributed by atoms with van der Waals surface area (Å²) in [6.45, 7) is 0.806. The first-order chi connectivity index (χ1) is 7.70. The van der Waals surface area contributed by atoms with Crippen LogP contribution in [0, 0.1) is 5.92 Å². The van der Waals surface area contributed by atoms with E-state index in [1.807, 2.05) is 18.2 Å². The number of hydrogen-bond donors (Lipinski definition) is 1. The summed E-state index contributed by atoms with van der Waals surface area (Å²) in [5.74, 6) is 1.12. The second-order valence-electron chi connectivity index (χ2n) is 3.95. The van der Waals surface area contributed by atoms with Crippen LogP contribution in [0.3, 0.4) is 0 Å². The van der Waals surface area contributed by atoms with E-state index in [0.29, 0.717) is 0 Å². The molecule has 16 heavy (non-hydrogen) atoms. The lowest BCUT2D eigenvalue weighted by Crippen LogP contribution is -2.20. The summed E-state index contributed by atoms with van der Waals surface area (Å²) in [4.78, 5) is 11.4. The monoisotopic (exact) mass is 283 g/mol. The van der Waals surface area contributed by atoms with Gasteiger partial charge in [-0.3, -0.25) is 4.79 Å². The zero-order valence-corrected chi connectivity index (χ0v) is 10.7. The Hall–Kier alpha value is -1.03. The van der Waals surface area contributed by atoms with Crippen LogP contribution >= 0.6 is 15.9 Å². The molecule has 0 spiro atoms. The summed E-state index contributed by atoms with van der Waals surface area (Å²) in [6, 6.07) is 5.95. The highest BCUT2D eigenvalue weighted by Gasteiger charge is 2.24. The fraction of sp³-hybridized carbons (Fsp3) is 0.417. The van der Waals surface area contributed by atoms with Crippen molar-refractivity contribution in [3.63, 3.8) is 0 Å². The number of amides is 1. The Bertz CT molecular complexity index is 406. The van der Waals surface area contributed by atoms with Gasteiger partial charge in [0.05, 0.1) is 11.6 Å². The normalized spacial score (nSPS) is 19.6. The van der Waals surface area contributed by atoms with Crippen molar-refractivity contribution in [2.45, 2.75) is 12.8 Å². The van der Waals surface area contributed by atoms with Crippen LogP contribution in [-0.4, -0.2) is 19.6 Å². The molecule has 1 atom stereocenters. The Morgan fingerprint density at radius 1 is 1.56 bits per heavy atom. The number of rotatable bonds is 3. The summed E-state index contributed by atoms with van der Waals surface area (Å²) in [6.07, 6.45) is 1.73. The van der Waals surface area contributed by atoms with Crippen LogP contribution in [0.4, 0.5) is 0 Å². The maximum absolute atomic E-state index is 11.4. The van der Waals surface area contributed by atoms with Crippen molar-refractivity contribution in [2.24, 2.45) is 5.92 Å². The van der Waals surface area contributed by atoms with Crippen molar-refractivity contribution in [1.82, 2.24) is 5.32 Å². The van der Waals surface area contributed by atoms with E-state index >= 15 is 0 Å². The van der Waals surface area contributed by atoms with Crippen LogP contribution in [-0.2, 0) is 11.2 Å². The topological polar surface area (TPSA) is 38.3 Å². The molecule has 1 amide bonds. The van der Waals surface area contributed by atoms with E-state index in [9.17, 15) is 4.79 Å². The van der Waals surface area contributed by atoms with Crippen molar-refractivity contribution in [3.05, 3.63) is 28.2 Å². The second-order valence-corrected chi connectivity index (χ2v) is 4.80. The van der Waals surface area contributed by atoms with Gasteiger partial charge in [0.1, 0.15) is 5.75 Å². The van der Waals surface area contributed by atoms with Crippen LogP contribution in [0.25, 0.3) is 0 Å². The first kappa shape index (κ1) is 11.5. The molecule has 0 bridgehead atoms. The highest BCUT2D eigenvalue weighted by atomic mass is 79.9. The van der Waals surface area contributed by atoms with Gasteiger partial charge in [-0.15, -0.1) is 0 Å². The quantitative estimate of drug-likeness (QED) is 0.923. The molecule has 86 valence electrons. The molecule has 0 aliphatic carbocycles. The standard InChI is InChI=1S/C12H14BrNO2/c1-16-11-3-2-8(7-10(11)13)6-9-4-5-14-12(9)15/h2-3,7,9H,4-6H2,1H3,(H,14,15). The van der Waals surface area contributed by atoms with E-state index in [4.69, 9.17) is 4.74 Å². The van der Waals surface area contributed by atoms with Gasteiger partial charge in [-0.25, -0.2) is 0 Å². The Labute approximate surface area is 103 Å². The van der Waals surface area contributed by atoms with Crippen molar-refractivity contribution in [1.29, 1.82) is 0 Å². The van der Waals surface area contributed by atoms with E-state index in [1.54, 1.807) is 7.11 Å². The van der Waals surface area contributed by atoms with Gasteiger partial charge < -0.3 is 10.1 Å². The Kier molecular flexibility index (Phi) is 3.49. The second kappa shape index (κ2) is 4.87. The van der Waals surface area contributed by atoms with Gasteiger partial charge >= 0.3 is 0 Å². The molecular weight excluding hydrogens is 270 g/mol. The minimum absolute atomic E-state index is 0.125. The van der Waals surface area contributed by atoms with Gasteiger partial charge in [0.15, 0.2) is 0 Å². The van der Waals surface area contributed by atoms with Gasteiger partial charge in [0.25, 0.3) is 0 Å². The molecular formula is C12H14BrNO2. The third-order valence-electron chi connectivity index (χ3n) is 2.86. The fourth-order valence-electron chi connectivity index (χ4n) is 1.96. The molecule has 1 aliphatic rings. The molecule has 0 radical (unpaired) electrons. The largest absolute Gasteiger partial charge is 0.496 e. The van der Waals surface area contributed by atoms with Gasteiger partial charge in [0, 0.05) is 12.5 Å². The number of carbonyl (C=O) groups excluding carboxylic acids is 1. The molecule has 1 aromatic rings. The molecule has 4 heteroatoms. The van der Waals surface area contributed by atoms with E-state index in [2.05, 4.69) is 21.2 Å². The zero-order valence-electron chi connectivity index (χ0n) is 9.13. The summed E-state index contributed by atoms with van der Waals surface area (Å²) >= 11 is 3.45. The third kappa shape index (κ3) is 2.38. The molecule has 1 N–H and O–H groups in total. The molecule has 1 heterocycles. The third-order valence-corrected chi connectivity index (χ3v) is 3.48. The molecule has 1 aliphatic heterocycles. The maximum Gasteiger partial charge on any atom is 0.223 e. The van der Waals surface area contributed by atoms with Crippen LogP contribution in [0.1, 0.15) is 12.0 Å². The first-order valence-electron chi connectivity index (χ1n) is 5.31. The van der Waals surface area contributed by atoms with Crippen LogP contribution in [0.15, 0.2) is 22.7 Å². The van der Waals surface area contributed by atoms with E-state index in [1.165, 1.54) is 0 Å². The predicted octanol–water partition coefficient (Wildman–Crippen LogP) is 2.14. The Balaban J connectivity index is 2.10. The average molecular weight is 284 g/mol. The minimum atomic E-state index is 0.125. The SMILES string of the molecule is COc1ccc(CC2CCNC2=O)cc1Br. The van der Waals surface area contributed by atoms with Crippen LogP contribution in [0.2, 0.25) is 0 Å². The summed E-state index contributed by atoms with van der Waals surface area (Å²) in [5, 5.41) is 2.85. The van der Waals surface area contributed by atoms with E-state index < -0.39 is 0 Å². The van der Waals surface area contributed by atoms with E-state index in [0.717, 1.165) is 35.2 Å². The zero-order chi connectivity index (χ0) is 11.5. The summed E-state index contributed by atoms with van der Waals surface area (Å²) < 4.78 is 6.10. The number of ether oxygens (including phenoxy) is 1. The van der Waals surface area contributed by atoms with E-state index in [-0.39, 0.29) is 11.8 Å². The molecule has 0 aromatic heterocycles. The first-order valence-corrected chi connectivity index (χ1v) is 6.10. The smallest absolute Gasteiger partial charge is 0.223 e. The van der Waals surface area contributed by atoms with Crippen LogP contribution in [0.5, 0.6) is 5.75 Å². The van der Waals surface area contributed by atoms with Crippen molar-refractivity contribution in [2.75, 3.05) is 13.7 Å². The summed E-state index contributed by atoms with van der Waals surface area (Å²) in [5.41, 5.74) is 1.16. The Morgan fingerprint density at radius 2 is 2.38 bits per heavy atom. The predicted molar refractivity (Wildman–Crippen MR) is 65.5 cm³/mol. The number of carbonyl (C=O) groups is 1. The molecule has 2 rings (SSSR count). The van der Waals surface area contributed by atoms with Gasteiger partial charge in [-0.1, -0.05) is 6.07 Å². The van der Waals surface area contributed by atoms with Gasteiger partial charge in [0.2, 0.25) is 5.91 Å². The minimum Gasteiger partial charge on any atom is -0.496 e. The highest BCUT2D eigenvalue weighted by Crippen LogP contribution is 2.27. The maximum atomic E-state index is 11.4. The lowest BCUT2D eigenvalue weighted by Gasteiger charge is -2.09. The number of nitrogens with one attached hydrogen (secondary N) is 1.